The van der Waals surface area contributed by atoms with Gasteiger partial charge in [-0.3, -0.25) is 13.9 Å². The SMILES string of the molecule is C[C@H](C(=O)NC(C)(C)C)N(Cc1ccccc1)C(=O)CN(c1ccc(Oc2ccccc2)cc1)S(C)(=O)=O. The van der Waals surface area contributed by atoms with E-state index in [1.54, 1.807) is 31.2 Å². The molecule has 0 aromatic heterocycles. The third kappa shape index (κ3) is 8.34. The van der Waals surface area contributed by atoms with E-state index < -0.39 is 34.1 Å². The molecular weight excluding hydrogens is 502 g/mol. The lowest BCUT2D eigenvalue weighted by Crippen LogP contribution is -2.54. The lowest BCUT2D eigenvalue weighted by atomic mass is 10.1. The molecule has 2 amide bonds. The van der Waals surface area contributed by atoms with Crippen LogP contribution < -0.4 is 14.4 Å². The van der Waals surface area contributed by atoms with E-state index in [-0.39, 0.29) is 12.5 Å². The Labute approximate surface area is 225 Å². The summed E-state index contributed by atoms with van der Waals surface area (Å²) in [4.78, 5) is 28.0. The molecular formula is C29H35N3O5S. The minimum Gasteiger partial charge on any atom is -0.457 e. The van der Waals surface area contributed by atoms with Gasteiger partial charge in [0.1, 0.15) is 24.1 Å². The molecule has 1 atom stereocenters. The van der Waals surface area contributed by atoms with E-state index in [4.69, 9.17) is 4.74 Å². The van der Waals surface area contributed by atoms with Crippen LogP contribution in [-0.4, -0.2) is 49.5 Å². The molecule has 3 aromatic rings. The normalized spacial score (nSPS) is 12.3. The molecule has 0 heterocycles. The zero-order chi connectivity index (χ0) is 27.9. The molecule has 0 saturated heterocycles. The Balaban J connectivity index is 1.85. The van der Waals surface area contributed by atoms with E-state index >= 15 is 0 Å². The average molecular weight is 538 g/mol. The molecule has 3 aromatic carbocycles. The van der Waals surface area contributed by atoms with Crippen LogP contribution in [0.4, 0.5) is 5.69 Å². The number of nitrogens with one attached hydrogen (secondary N) is 1. The Morgan fingerprint density at radius 2 is 1.39 bits per heavy atom. The average Bonchev–Trinajstić information content (AvgIpc) is 2.85. The molecule has 8 nitrogen and oxygen atoms in total. The molecule has 0 spiro atoms. The van der Waals surface area contributed by atoms with Gasteiger partial charge in [0.05, 0.1) is 11.9 Å². The number of hydrogen-bond acceptors (Lipinski definition) is 5. The number of anilines is 1. The van der Waals surface area contributed by atoms with Gasteiger partial charge in [-0.2, -0.15) is 0 Å². The van der Waals surface area contributed by atoms with Crippen molar-refractivity contribution < 1.29 is 22.7 Å². The van der Waals surface area contributed by atoms with Crippen molar-refractivity contribution in [2.24, 2.45) is 0 Å². The van der Waals surface area contributed by atoms with Gasteiger partial charge >= 0.3 is 0 Å². The second kappa shape index (κ2) is 12.1. The van der Waals surface area contributed by atoms with Crippen molar-refractivity contribution in [2.45, 2.75) is 45.8 Å². The second-order valence-corrected chi connectivity index (χ2v) is 12.0. The number of carbonyl (C=O) groups is 2. The summed E-state index contributed by atoms with van der Waals surface area (Å²) in [5.74, 6) is 0.350. The summed E-state index contributed by atoms with van der Waals surface area (Å²) in [6, 6.07) is 24.1. The first-order valence-electron chi connectivity index (χ1n) is 12.3. The fourth-order valence-corrected chi connectivity index (χ4v) is 4.61. The molecule has 0 fully saturated rings. The van der Waals surface area contributed by atoms with Gasteiger partial charge in [0.15, 0.2) is 0 Å². The lowest BCUT2D eigenvalue weighted by Gasteiger charge is -2.33. The van der Waals surface area contributed by atoms with Gasteiger partial charge in [-0.05, 0) is 69.7 Å². The van der Waals surface area contributed by atoms with E-state index in [1.165, 1.54) is 4.90 Å². The largest absolute Gasteiger partial charge is 0.457 e. The van der Waals surface area contributed by atoms with E-state index in [0.717, 1.165) is 16.1 Å². The van der Waals surface area contributed by atoms with Gasteiger partial charge in [0.2, 0.25) is 21.8 Å². The summed E-state index contributed by atoms with van der Waals surface area (Å²) in [7, 11) is -3.82. The van der Waals surface area contributed by atoms with Crippen LogP contribution >= 0.6 is 0 Å². The highest BCUT2D eigenvalue weighted by Gasteiger charge is 2.31. The molecule has 0 bridgehead atoms. The van der Waals surface area contributed by atoms with Gasteiger partial charge < -0.3 is 15.0 Å². The van der Waals surface area contributed by atoms with Gasteiger partial charge in [-0.15, -0.1) is 0 Å². The molecule has 0 saturated carbocycles. The van der Waals surface area contributed by atoms with Crippen LogP contribution in [-0.2, 0) is 26.2 Å². The first-order chi connectivity index (χ1) is 17.8. The van der Waals surface area contributed by atoms with Crippen molar-refractivity contribution in [1.29, 1.82) is 0 Å². The van der Waals surface area contributed by atoms with E-state index in [1.807, 2.05) is 81.4 Å². The Morgan fingerprint density at radius 3 is 1.92 bits per heavy atom. The van der Waals surface area contributed by atoms with Crippen LogP contribution in [0.5, 0.6) is 11.5 Å². The Morgan fingerprint density at radius 1 is 0.868 bits per heavy atom. The zero-order valence-corrected chi connectivity index (χ0v) is 23.2. The Hall–Kier alpha value is -3.85. The molecule has 0 aliphatic carbocycles. The van der Waals surface area contributed by atoms with E-state index in [2.05, 4.69) is 5.32 Å². The minimum absolute atomic E-state index is 0.153. The molecule has 38 heavy (non-hydrogen) atoms. The number of sulfonamides is 1. The number of para-hydroxylation sites is 1. The summed E-state index contributed by atoms with van der Waals surface area (Å²) >= 11 is 0. The molecule has 0 aliphatic rings. The Bertz CT molecular complexity index is 1320. The summed E-state index contributed by atoms with van der Waals surface area (Å²) < 4.78 is 32.4. The number of nitrogens with zero attached hydrogens (tertiary/aromatic N) is 2. The first-order valence-corrected chi connectivity index (χ1v) is 14.1. The maximum absolute atomic E-state index is 13.6. The van der Waals surface area contributed by atoms with Crippen LogP contribution in [0, 0.1) is 0 Å². The van der Waals surface area contributed by atoms with Crippen molar-refractivity contribution in [2.75, 3.05) is 17.1 Å². The highest BCUT2D eigenvalue weighted by molar-refractivity contribution is 7.92. The van der Waals surface area contributed by atoms with Crippen molar-refractivity contribution in [3.8, 4) is 11.5 Å². The monoisotopic (exact) mass is 537 g/mol. The molecule has 202 valence electrons. The highest BCUT2D eigenvalue weighted by atomic mass is 32.2. The van der Waals surface area contributed by atoms with Crippen LogP contribution in [0.3, 0.4) is 0 Å². The summed E-state index contributed by atoms with van der Waals surface area (Å²) in [5, 5.41) is 2.90. The first kappa shape index (κ1) is 28.7. The molecule has 0 unspecified atom stereocenters. The predicted molar refractivity (Wildman–Crippen MR) is 149 cm³/mol. The lowest BCUT2D eigenvalue weighted by molar-refractivity contribution is -0.140. The number of rotatable bonds is 10. The number of benzene rings is 3. The fraction of sp³-hybridized carbons (Fsp3) is 0.310. The van der Waals surface area contributed by atoms with Crippen molar-refractivity contribution in [3.63, 3.8) is 0 Å². The van der Waals surface area contributed by atoms with Gasteiger partial charge in [-0.25, -0.2) is 8.42 Å². The topological polar surface area (TPSA) is 96.0 Å². The van der Waals surface area contributed by atoms with Crippen LogP contribution in [0.15, 0.2) is 84.9 Å². The quantitative estimate of drug-likeness (QED) is 0.409. The smallest absolute Gasteiger partial charge is 0.244 e. The number of hydrogen-bond donors (Lipinski definition) is 1. The maximum Gasteiger partial charge on any atom is 0.244 e. The molecule has 3 rings (SSSR count). The fourth-order valence-electron chi connectivity index (χ4n) is 3.76. The van der Waals surface area contributed by atoms with Crippen molar-refractivity contribution in [1.82, 2.24) is 10.2 Å². The predicted octanol–water partition coefficient (Wildman–Crippen LogP) is 4.58. The van der Waals surface area contributed by atoms with Crippen LogP contribution in [0.2, 0.25) is 0 Å². The standard InChI is InChI=1S/C29H35N3O5S/c1-22(28(34)30-29(2,3)4)31(20-23-12-8-6-9-13-23)27(33)21-32(38(5,35)36)24-16-18-26(19-17-24)37-25-14-10-7-11-15-25/h6-19,22H,20-21H2,1-5H3,(H,30,34)/t22-/m1/s1. The van der Waals surface area contributed by atoms with Crippen molar-refractivity contribution in [3.05, 3.63) is 90.5 Å². The molecule has 1 N–H and O–H groups in total. The maximum atomic E-state index is 13.6. The molecule has 0 aliphatic heterocycles. The summed E-state index contributed by atoms with van der Waals surface area (Å²) in [6.07, 6.45) is 1.05. The summed E-state index contributed by atoms with van der Waals surface area (Å²) in [6.45, 7) is 6.91. The molecule has 9 heteroatoms. The Kier molecular flexibility index (Phi) is 9.17. The number of carbonyl (C=O) groups excluding carboxylic acids is 2. The number of amides is 2. The second-order valence-electron chi connectivity index (χ2n) is 10.1. The number of ether oxygens (including phenoxy) is 1. The minimum atomic E-state index is -3.82. The third-order valence-corrected chi connectivity index (χ3v) is 6.78. The van der Waals surface area contributed by atoms with Gasteiger partial charge in [0, 0.05) is 12.1 Å². The summed E-state index contributed by atoms with van der Waals surface area (Å²) in [5.41, 5.74) is 0.645. The van der Waals surface area contributed by atoms with Crippen LogP contribution in [0.1, 0.15) is 33.3 Å². The van der Waals surface area contributed by atoms with E-state index in [9.17, 15) is 18.0 Å². The third-order valence-electron chi connectivity index (χ3n) is 5.64. The van der Waals surface area contributed by atoms with Gasteiger partial charge in [0.25, 0.3) is 0 Å². The highest BCUT2D eigenvalue weighted by Crippen LogP contribution is 2.26. The zero-order valence-electron chi connectivity index (χ0n) is 22.4. The van der Waals surface area contributed by atoms with Crippen LogP contribution in [0.25, 0.3) is 0 Å². The molecule has 0 radical (unpaired) electrons. The van der Waals surface area contributed by atoms with Crippen molar-refractivity contribution >= 4 is 27.5 Å². The van der Waals surface area contributed by atoms with E-state index in [0.29, 0.717) is 17.2 Å². The van der Waals surface area contributed by atoms with Gasteiger partial charge in [-0.1, -0.05) is 48.5 Å².